The van der Waals surface area contributed by atoms with Crippen molar-refractivity contribution >= 4 is 16.7 Å². The molecule has 2 aromatic carbocycles. The van der Waals surface area contributed by atoms with Crippen molar-refractivity contribution in [3.63, 3.8) is 0 Å². The first kappa shape index (κ1) is 15.3. The summed E-state index contributed by atoms with van der Waals surface area (Å²) >= 11 is 0. The summed E-state index contributed by atoms with van der Waals surface area (Å²) in [6.07, 6.45) is 3.84. The fourth-order valence-electron chi connectivity index (χ4n) is 2.80. The van der Waals surface area contributed by atoms with Crippen LogP contribution in [0.3, 0.4) is 0 Å². The molecule has 1 N–H and O–H groups in total. The van der Waals surface area contributed by atoms with Crippen molar-refractivity contribution in [1.82, 2.24) is 10.1 Å². The Kier molecular flexibility index (Phi) is 4.08. The number of para-hydroxylation sites is 1. The molecule has 0 saturated heterocycles. The quantitative estimate of drug-likeness (QED) is 0.571. The van der Waals surface area contributed by atoms with Crippen molar-refractivity contribution in [3.05, 3.63) is 60.7 Å². The Morgan fingerprint density at radius 1 is 1.16 bits per heavy atom. The molecule has 0 aliphatic heterocycles. The third kappa shape index (κ3) is 3.06. The Hall–Kier alpha value is -3.28. The van der Waals surface area contributed by atoms with E-state index in [4.69, 9.17) is 13.7 Å². The van der Waals surface area contributed by atoms with Crippen LogP contribution in [0.2, 0.25) is 0 Å². The Labute approximate surface area is 144 Å². The predicted octanol–water partition coefficient (Wildman–Crippen LogP) is 4.15. The lowest BCUT2D eigenvalue weighted by molar-refractivity contribution is 0.415. The maximum Gasteiger partial charge on any atom is 0.181 e. The lowest BCUT2D eigenvalue weighted by Gasteiger charge is -2.10. The van der Waals surface area contributed by atoms with Crippen molar-refractivity contribution in [3.8, 4) is 17.1 Å². The van der Waals surface area contributed by atoms with Gasteiger partial charge in [-0.15, -0.1) is 0 Å². The maximum absolute atomic E-state index is 5.46. The number of aromatic nitrogens is 2. The van der Waals surface area contributed by atoms with Gasteiger partial charge in [-0.1, -0.05) is 17.3 Å². The third-order valence-electron chi connectivity index (χ3n) is 4.04. The van der Waals surface area contributed by atoms with Crippen molar-refractivity contribution in [2.45, 2.75) is 6.42 Å². The Balaban J connectivity index is 1.46. The van der Waals surface area contributed by atoms with Gasteiger partial charge in [0.25, 0.3) is 0 Å². The van der Waals surface area contributed by atoms with Crippen LogP contribution in [0.1, 0.15) is 5.69 Å². The summed E-state index contributed by atoms with van der Waals surface area (Å²) < 4.78 is 16.1. The molecule has 0 aliphatic carbocycles. The van der Waals surface area contributed by atoms with E-state index in [2.05, 4.69) is 15.5 Å². The summed E-state index contributed by atoms with van der Waals surface area (Å²) in [5.74, 6) is 1.41. The van der Waals surface area contributed by atoms with Gasteiger partial charge in [0.2, 0.25) is 0 Å². The largest absolute Gasteiger partial charge is 0.496 e. The van der Waals surface area contributed by atoms with Crippen molar-refractivity contribution in [1.29, 1.82) is 0 Å². The van der Waals surface area contributed by atoms with Gasteiger partial charge >= 0.3 is 0 Å². The Morgan fingerprint density at radius 3 is 2.92 bits per heavy atom. The first-order valence-corrected chi connectivity index (χ1v) is 7.99. The molecule has 0 aliphatic rings. The molecule has 0 amide bonds. The normalized spacial score (nSPS) is 10.9. The lowest BCUT2D eigenvalue weighted by Crippen LogP contribution is -2.05. The molecular weight excluding hydrogens is 318 g/mol. The molecule has 0 saturated carbocycles. The van der Waals surface area contributed by atoms with Gasteiger partial charge in [0.1, 0.15) is 5.75 Å². The zero-order valence-electron chi connectivity index (χ0n) is 13.7. The van der Waals surface area contributed by atoms with E-state index >= 15 is 0 Å². The number of fused-ring (bicyclic) bond motifs is 1. The molecule has 0 atom stereocenters. The van der Waals surface area contributed by atoms with Crippen LogP contribution in [0, 0.1) is 0 Å². The molecule has 0 fully saturated rings. The SMILES string of the molecule is COc1cc(NCCc2noc3ccccc23)ccc1-c1cnco1. The number of methoxy groups -OCH3 is 1. The van der Waals surface area contributed by atoms with Crippen LogP contribution in [0.15, 0.2) is 64.0 Å². The van der Waals surface area contributed by atoms with Crippen molar-refractivity contribution in [2.75, 3.05) is 19.0 Å². The second-order valence-corrected chi connectivity index (χ2v) is 5.58. The van der Waals surface area contributed by atoms with Crippen LogP contribution in [-0.4, -0.2) is 23.8 Å². The van der Waals surface area contributed by atoms with Crippen molar-refractivity contribution in [2.24, 2.45) is 0 Å². The standard InChI is InChI=1S/C19H17N3O3/c1-23-18-10-13(6-7-15(18)19-11-20-12-24-19)21-9-8-16-14-4-2-3-5-17(14)25-22-16/h2-7,10-12,21H,8-9H2,1H3. The minimum Gasteiger partial charge on any atom is -0.496 e. The van der Waals surface area contributed by atoms with E-state index in [1.807, 2.05) is 42.5 Å². The van der Waals surface area contributed by atoms with Crippen LogP contribution < -0.4 is 10.1 Å². The summed E-state index contributed by atoms with van der Waals surface area (Å²) in [6, 6.07) is 13.8. The number of hydrogen-bond acceptors (Lipinski definition) is 6. The smallest absolute Gasteiger partial charge is 0.181 e. The highest BCUT2D eigenvalue weighted by molar-refractivity contribution is 5.79. The molecule has 0 unspecified atom stereocenters. The van der Waals surface area contributed by atoms with E-state index in [9.17, 15) is 0 Å². The fraction of sp³-hybridized carbons (Fsp3) is 0.158. The molecule has 2 heterocycles. The first-order valence-electron chi connectivity index (χ1n) is 7.99. The molecule has 25 heavy (non-hydrogen) atoms. The zero-order valence-corrected chi connectivity index (χ0v) is 13.7. The molecule has 4 aromatic rings. The van der Waals surface area contributed by atoms with Gasteiger partial charge in [-0.25, -0.2) is 4.98 Å². The molecule has 0 spiro atoms. The van der Waals surface area contributed by atoms with Gasteiger partial charge in [-0.3, -0.25) is 0 Å². The van der Waals surface area contributed by atoms with Crippen LogP contribution in [0.5, 0.6) is 5.75 Å². The molecule has 126 valence electrons. The highest BCUT2D eigenvalue weighted by atomic mass is 16.5. The van der Waals surface area contributed by atoms with Gasteiger partial charge in [-0.2, -0.15) is 0 Å². The number of nitrogens with one attached hydrogen (secondary N) is 1. The van der Waals surface area contributed by atoms with Gasteiger partial charge in [0, 0.05) is 30.1 Å². The van der Waals surface area contributed by atoms with E-state index in [0.29, 0.717) is 5.76 Å². The fourth-order valence-corrected chi connectivity index (χ4v) is 2.80. The van der Waals surface area contributed by atoms with Crippen LogP contribution >= 0.6 is 0 Å². The number of nitrogens with zero attached hydrogens (tertiary/aromatic N) is 2. The molecule has 4 rings (SSSR count). The second kappa shape index (κ2) is 6.68. The molecule has 0 radical (unpaired) electrons. The zero-order chi connectivity index (χ0) is 17.1. The highest BCUT2D eigenvalue weighted by Crippen LogP contribution is 2.32. The predicted molar refractivity (Wildman–Crippen MR) is 94.7 cm³/mol. The first-order chi connectivity index (χ1) is 12.3. The summed E-state index contributed by atoms with van der Waals surface area (Å²) in [4.78, 5) is 3.95. The molecule has 0 bridgehead atoms. The average Bonchev–Trinajstić information content (AvgIpc) is 3.32. The highest BCUT2D eigenvalue weighted by Gasteiger charge is 2.10. The van der Waals surface area contributed by atoms with Crippen molar-refractivity contribution < 1.29 is 13.7 Å². The van der Waals surface area contributed by atoms with Gasteiger partial charge < -0.3 is 19.0 Å². The number of rotatable bonds is 6. The molecule has 6 heteroatoms. The number of anilines is 1. The van der Waals surface area contributed by atoms with Gasteiger partial charge in [0.05, 0.1) is 24.6 Å². The van der Waals surface area contributed by atoms with Gasteiger partial charge in [0.15, 0.2) is 17.7 Å². The minimum atomic E-state index is 0.678. The number of oxazole rings is 1. The van der Waals surface area contributed by atoms with E-state index in [1.54, 1.807) is 13.3 Å². The number of benzene rings is 2. The van der Waals surface area contributed by atoms with Gasteiger partial charge in [-0.05, 0) is 24.3 Å². The monoisotopic (exact) mass is 335 g/mol. The average molecular weight is 335 g/mol. The summed E-state index contributed by atoms with van der Waals surface area (Å²) in [7, 11) is 1.64. The summed E-state index contributed by atoms with van der Waals surface area (Å²) in [5, 5.41) is 8.59. The van der Waals surface area contributed by atoms with E-state index < -0.39 is 0 Å². The summed E-state index contributed by atoms with van der Waals surface area (Å²) in [6.45, 7) is 0.737. The second-order valence-electron chi connectivity index (χ2n) is 5.58. The third-order valence-corrected chi connectivity index (χ3v) is 4.04. The van der Waals surface area contributed by atoms with Crippen LogP contribution in [0.4, 0.5) is 5.69 Å². The van der Waals surface area contributed by atoms with Crippen LogP contribution in [-0.2, 0) is 6.42 Å². The number of hydrogen-bond donors (Lipinski definition) is 1. The van der Waals surface area contributed by atoms with Crippen LogP contribution in [0.25, 0.3) is 22.3 Å². The van der Waals surface area contributed by atoms with E-state index in [0.717, 1.165) is 46.6 Å². The topological polar surface area (TPSA) is 73.3 Å². The molecule has 6 nitrogen and oxygen atoms in total. The number of ether oxygens (including phenoxy) is 1. The van der Waals surface area contributed by atoms with E-state index in [-0.39, 0.29) is 0 Å². The Bertz CT molecular complexity index is 977. The molecule has 2 aromatic heterocycles. The van der Waals surface area contributed by atoms with E-state index in [1.165, 1.54) is 6.39 Å². The summed E-state index contributed by atoms with van der Waals surface area (Å²) in [5.41, 5.74) is 3.60. The molecular formula is C19H17N3O3. The lowest BCUT2D eigenvalue weighted by atomic mass is 10.1. The maximum atomic E-state index is 5.46. The minimum absolute atomic E-state index is 0.678. The Morgan fingerprint density at radius 2 is 2.08 bits per heavy atom.